The van der Waals surface area contributed by atoms with E-state index in [1.54, 1.807) is 0 Å². The molecule has 2 heterocycles. The van der Waals surface area contributed by atoms with Gasteiger partial charge in [-0.3, -0.25) is 0 Å². The molecular weight excluding hydrogens is 719 g/mol. The molecule has 276 valence electrons. The molecule has 0 bridgehead atoms. The molecule has 12 aromatic rings. The van der Waals surface area contributed by atoms with Crippen molar-refractivity contribution in [2.45, 2.75) is 0 Å². The van der Waals surface area contributed by atoms with Crippen molar-refractivity contribution in [3.8, 4) is 33.4 Å². The lowest BCUT2D eigenvalue weighted by Gasteiger charge is -2.27. The van der Waals surface area contributed by atoms with E-state index in [-0.39, 0.29) is 0 Å². The van der Waals surface area contributed by atoms with E-state index in [9.17, 15) is 0 Å². The number of para-hydroxylation sites is 2. The minimum absolute atomic E-state index is 0.851. The van der Waals surface area contributed by atoms with E-state index in [0.29, 0.717) is 0 Å². The molecule has 3 nitrogen and oxygen atoms in total. The van der Waals surface area contributed by atoms with Crippen LogP contribution in [0.3, 0.4) is 0 Å². The van der Waals surface area contributed by atoms with Gasteiger partial charge in [0.15, 0.2) is 0 Å². The van der Waals surface area contributed by atoms with Crippen LogP contribution in [-0.4, -0.2) is 0 Å². The van der Waals surface area contributed by atoms with Crippen LogP contribution in [0.1, 0.15) is 0 Å². The van der Waals surface area contributed by atoms with Gasteiger partial charge in [-0.25, -0.2) is 0 Å². The predicted octanol–water partition coefficient (Wildman–Crippen LogP) is 16.3. The minimum Gasteiger partial charge on any atom is -0.455 e. The number of hydrogen-bond donors (Lipinski definition) is 0. The van der Waals surface area contributed by atoms with Gasteiger partial charge >= 0.3 is 0 Å². The Bertz CT molecular complexity index is 3570. The van der Waals surface area contributed by atoms with E-state index in [1.807, 2.05) is 12.1 Å². The summed E-state index contributed by atoms with van der Waals surface area (Å²) >= 11 is 0. The Morgan fingerprint density at radius 3 is 1.83 bits per heavy atom. The second-order valence-electron chi connectivity index (χ2n) is 15.3. The zero-order valence-corrected chi connectivity index (χ0v) is 32.0. The van der Waals surface area contributed by atoms with Crippen molar-refractivity contribution >= 4 is 82.5 Å². The lowest BCUT2D eigenvalue weighted by molar-refractivity contribution is 0.670. The largest absolute Gasteiger partial charge is 0.455 e. The van der Waals surface area contributed by atoms with Crippen LogP contribution in [-0.2, 0) is 0 Å². The zero-order chi connectivity index (χ0) is 38.9. The Morgan fingerprint density at radius 1 is 0.305 bits per heavy atom. The monoisotopic (exact) mass is 753 g/mol. The number of rotatable bonds is 6. The summed E-state index contributed by atoms with van der Waals surface area (Å²) in [6.45, 7) is 0. The molecule has 0 atom stereocenters. The summed E-state index contributed by atoms with van der Waals surface area (Å²) in [5.74, 6) is 0. The van der Waals surface area contributed by atoms with Gasteiger partial charge in [0.05, 0.1) is 11.1 Å². The summed E-state index contributed by atoms with van der Waals surface area (Å²) in [5, 5.41) is 9.15. The normalized spacial score (nSPS) is 11.7. The fourth-order valence-corrected chi connectivity index (χ4v) is 8.99. The molecular formula is C56H35NO2. The third-order valence-electron chi connectivity index (χ3n) is 11.8. The van der Waals surface area contributed by atoms with Crippen LogP contribution in [0, 0.1) is 0 Å². The highest BCUT2D eigenvalue weighted by Gasteiger charge is 2.22. The van der Waals surface area contributed by atoms with E-state index in [2.05, 4.69) is 205 Å². The topological polar surface area (TPSA) is 29.5 Å². The average Bonchev–Trinajstić information content (AvgIpc) is 3.89. The quantitative estimate of drug-likeness (QED) is 0.169. The maximum Gasteiger partial charge on any atom is 0.143 e. The van der Waals surface area contributed by atoms with Gasteiger partial charge in [-0.15, -0.1) is 0 Å². The molecule has 0 N–H and O–H groups in total. The fraction of sp³-hybridized carbons (Fsp3) is 0. The first-order valence-electron chi connectivity index (χ1n) is 20.1. The van der Waals surface area contributed by atoms with Crippen LogP contribution in [0.15, 0.2) is 221 Å². The average molecular weight is 754 g/mol. The van der Waals surface area contributed by atoms with Gasteiger partial charge < -0.3 is 13.7 Å². The Kier molecular flexibility index (Phi) is 7.54. The highest BCUT2D eigenvalue weighted by molar-refractivity contribution is 6.19. The minimum atomic E-state index is 0.851. The lowest BCUT2D eigenvalue weighted by Crippen LogP contribution is -2.10. The highest BCUT2D eigenvalue weighted by Crippen LogP contribution is 2.46. The first-order valence-corrected chi connectivity index (χ1v) is 20.1. The third-order valence-corrected chi connectivity index (χ3v) is 11.8. The van der Waals surface area contributed by atoms with Crippen LogP contribution in [0.25, 0.3) is 98.8 Å². The molecule has 0 aliphatic heterocycles. The van der Waals surface area contributed by atoms with Gasteiger partial charge in [-0.2, -0.15) is 0 Å². The molecule has 10 aromatic carbocycles. The van der Waals surface area contributed by atoms with Gasteiger partial charge in [0.2, 0.25) is 0 Å². The van der Waals surface area contributed by atoms with E-state index in [1.165, 1.54) is 27.5 Å². The predicted molar refractivity (Wildman–Crippen MR) is 247 cm³/mol. The summed E-state index contributed by atoms with van der Waals surface area (Å²) in [4.78, 5) is 2.37. The Hall–Kier alpha value is -7.88. The van der Waals surface area contributed by atoms with Crippen LogP contribution in [0.5, 0.6) is 0 Å². The molecule has 0 unspecified atom stereocenters. The molecule has 0 saturated heterocycles. The Balaban J connectivity index is 1.02. The molecule has 0 fully saturated rings. The van der Waals surface area contributed by atoms with Crippen molar-refractivity contribution < 1.29 is 8.83 Å². The summed E-state index contributed by atoms with van der Waals surface area (Å²) in [7, 11) is 0. The van der Waals surface area contributed by atoms with E-state index in [4.69, 9.17) is 8.83 Å². The molecule has 0 spiro atoms. The van der Waals surface area contributed by atoms with Crippen molar-refractivity contribution in [1.82, 2.24) is 0 Å². The molecule has 0 radical (unpaired) electrons. The number of nitrogens with zero attached hydrogens (tertiary/aromatic N) is 1. The molecule has 2 aromatic heterocycles. The molecule has 12 rings (SSSR count). The highest BCUT2D eigenvalue weighted by atomic mass is 16.3. The molecule has 0 amide bonds. The van der Waals surface area contributed by atoms with Crippen molar-refractivity contribution in [2.75, 3.05) is 4.90 Å². The summed E-state index contributed by atoms with van der Waals surface area (Å²) in [6.07, 6.45) is 0. The number of fused-ring (bicyclic) bond motifs is 9. The third kappa shape index (κ3) is 5.51. The maximum absolute atomic E-state index is 6.71. The second-order valence-corrected chi connectivity index (χ2v) is 15.3. The molecule has 0 aliphatic rings. The Morgan fingerprint density at radius 2 is 0.932 bits per heavy atom. The van der Waals surface area contributed by atoms with Crippen LogP contribution in [0.4, 0.5) is 17.1 Å². The smallest absolute Gasteiger partial charge is 0.143 e. The van der Waals surface area contributed by atoms with Gasteiger partial charge in [0, 0.05) is 38.5 Å². The van der Waals surface area contributed by atoms with Gasteiger partial charge in [0.1, 0.15) is 22.3 Å². The standard InChI is InChI=1S/C56H35NO2/c1-2-13-39-34-42(26-25-36(39)11-1)41-15-7-14-40(33-41)37-27-30-44(31-28-37)57(51-22-10-24-53-54(51)50-32-29-38-12-3-4-18-46(38)56(50)59-53)45-17-8-16-43(35-45)47-20-9-21-49-48-19-5-6-23-52(48)58-55(47)49/h1-35H. The van der Waals surface area contributed by atoms with Crippen molar-refractivity contribution in [3.63, 3.8) is 0 Å². The number of furan rings is 2. The lowest BCUT2D eigenvalue weighted by atomic mass is 9.97. The maximum atomic E-state index is 6.71. The van der Waals surface area contributed by atoms with E-state index in [0.717, 1.165) is 88.4 Å². The summed E-state index contributed by atoms with van der Waals surface area (Å²) < 4.78 is 13.2. The van der Waals surface area contributed by atoms with E-state index < -0.39 is 0 Å². The van der Waals surface area contributed by atoms with Gasteiger partial charge in [-0.05, 0) is 105 Å². The summed E-state index contributed by atoms with van der Waals surface area (Å²) in [6, 6.07) is 75.7. The first-order chi connectivity index (χ1) is 29.2. The SMILES string of the molecule is c1cc(-c2ccc(N(c3cccc(-c4cccc5c4oc4ccccc45)c3)c3cccc4oc5c6ccccc6ccc5c34)cc2)cc(-c2ccc3ccccc3c2)c1. The summed E-state index contributed by atoms with van der Waals surface area (Å²) in [5.41, 5.74) is 13.5. The fourth-order valence-electron chi connectivity index (χ4n) is 8.99. The number of benzene rings is 10. The first kappa shape index (κ1) is 33.3. The van der Waals surface area contributed by atoms with Gasteiger partial charge in [0.25, 0.3) is 0 Å². The van der Waals surface area contributed by atoms with Crippen LogP contribution < -0.4 is 4.90 Å². The van der Waals surface area contributed by atoms with E-state index >= 15 is 0 Å². The Labute approximate surface area is 340 Å². The van der Waals surface area contributed by atoms with Crippen molar-refractivity contribution in [1.29, 1.82) is 0 Å². The second kappa shape index (κ2) is 13.4. The van der Waals surface area contributed by atoms with Gasteiger partial charge in [-0.1, -0.05) is 152 Å². The van der Waals surface area contributed by atoms with Crippen molar-refractivity contribution in [2.24, 2.45) is 0 Å². The number of anilines is 3. The van der Waals surface area contributed by atoms with Crippen molar-refractivity contribution in [3.05, 3.63) is 212 Å². The molecule has 59 heavy (non-hydrogen) atoms. The number of hydrogen-bond acceptors (Lipinski definition) is 3. The zero-order valence-electron chi connectivity index (χ0n) is 32.0. The van der Waals surface area contributed by atoms with Crippen LogP contribution >= 0.6 is 0 Å². The van der Waals surface area contributed by atoms with Crippen LogP contribution in [0.2, 0.25) is 0 Å². The molecule has 3 heteroatoms. The molecule has 0 saturated carbocycles. The molecule has 0 aliphatic carbocycles.